The van der Waals surface area contributed by atoms with E-state index in [2.05, 4.69) is 9.97 Å². The van der Waals surface area contributed by atoms with Gasteiger partial charge >= 0.3 is 0 Å². The van der Waals surface area contributed by atoms with Crippen LogP contribution in [0.4, 0.5) is 11.4 Å². The average Bonchev–Trinajstić information content (AvgIpc) is 3.55. The summed E-state index contributed by atoms with van der Waals surface area (Å²) in [5.41, 5.74) is 3.33. The number of carbonyl (C=O) groups is 4. The van der Waals surface area contributed by atoms with Crippen molar-refractivity contribution in [2.45, 2.75) is 25.7 Å². The fraction of sp³-hybridized carbons (Fsp3) is 0.276. The Morgan fingerprint density at radius 2 is 1.08 bits per heavy atom. The number of carbonyl (C=O) groups excluding carboxylic acids is 4. The Hall–Kier alpha value is -4.33. The van der Waals surface area contributed by atoms with E-state index in [-0.39, 0.29) is 47.3 Å². The third kappa shape index (κ3) is 3.25. The topological polar surface area (TPSA) is 103 Å². The maximum Gasteiger partial charge on any atom is 0.238 e. The number of benzene rings is 2. The van der Waals surface area contributed by atoms with Crippen LogP contribution >= 0.6 is 0 Å². The Labute approximate surface area is 212 Å². The maximum atomic E-state index is 13.0. The number of anilines is 2. The quantitative estimate of drug-likeness (QED) is 0.437. The van der Waals surface area contributed by atoms with Gasteiger partial charge in [0.2, 0.25) is 23.6 Å². The third-order valence-electron chi connectivity index (χ3n) is 8.14. The molecule has 4 aliphatic rings. The first-order valence-electron chi connectivity index (χ1n) is 12.7. The monoisotopic (exact) mass is 492 g/mol. The molecular weight excluding hydrogens is 468 g/mol. The van der Waals surface area contributed by atoms with E-state index in [1.807, 2.05) is 36.4 Å². The van der Waals surface area contributed by atoms with Crippen molar-refractivity contribution in [3.8, 4) is 11.4 Å². The van der Waals surface area contributed by atoms with E-state index < -0.39 is 0 Å². The van der Waals surface area contributed by atoms with Crippen molar-refractivity contribution in [2.24, 2.45) is 23.7 Å². The fourth-order valence-electron chi connectivity index (χ4n) is 6.15. The van der Waals surface area contributed by atoms with Crippen LogP contribution in [0.1, 0.15) is 25.7 Å². The van der Waals surface area contributed by atoms with Crippen LogP contribution in [0.15, 0.2) is 66.8 Å². The molecule has 8 heteroatoms. The lowest BCUT2D eigenvalue weighted by Crippen LogP contribution is -2.30. The summed E-state index contributed by atoms with van der Waals surface area (Å²) in [7, 11) is 0. The van der Waals surface area contributed by atoms with Crippen molar-refractivity contribution < 1.29 is 19.2 Å². The molecule has 184 valence electrons. The minimum absolute atomic E-state index is 0.134. The van der Waals surface area contributed by atoms with E-state index in [1.54, 1.807) is 30.3 Å². The summed E-state index contributed by atoms with van der Waals surface area (Å²) in [4.78, 5) is 62.3. The molecule has 2 aromatic carbocycles. The van der Waals surface area contributed by atoms with E-state index in [4.69, 9.17) is 0 Å². The number of amides is 4. The van der Waals surface area contributed by atoms with Crippen molar-refractivity contribution in [3.63, 3.8) is 0 Å². The number of hydrogen-bond donors (Lipinski definition) is 1. The van der Waals surface area contributed by atoms with Crippen LogP contribution in [-0.4, -0.2) is 33.6 Å². The molecule has 1 aromatic heterocycles. The smallest absolute Gasteiger partial charge is 0.238 e. The van der Waals surface area contributed by atoms with Crippen LogP contribution in [0.5, 0.6) is 0 Å². The molecular formula is C29H24N4O4. The number of nitrogens with zero attached hydrogens (tertiary/aromatic N) is 3. The molecule has 2 aliphatic carbocycles. The highest BCUT2D eigenvalue weighted by molar-refractivity contribution is 6.23. The molecule has 0 bridgehead atoms. The molecule has 3 heterocycles. The zero-order chi connectivity index (χ0) is 25.3. The molecule has 8 nitrogen and oxygen atoms in total. The molecule has 37 heavy (non-hydrogen) atoms. The van der Waals surface area contributed by atoms with E-state index in [9.17, 15) is 19.2 Å². The number of H-pyrrole nitrogens is 1. The second-order valence-electron chi connectivity index (χ2n) is 10.2. The minimum Gasteiger partial charge on any atom is -0.338 e. The molecule has 4 amide bonds. The number of aromatic nitrogens is 2. The van der Waals surface area contributed by atoms with Gasteiger partial charge < -0.3 is 4.98 Å². The van der Waals surface area contributed by atoms with E-state index in [1.165, 1.54) is 9.80 Å². The molecule has 3 aromatic rings. The summed E-state index contributed by atoms with van der Waals surface area (Å²) in [6.45, 7) is 0. The standard InChI is InChI=1S/C29H24N4O4/c34-26-19-5-1-2-6-20(19)27(35)32(26)17-11-9-16(10-12-17)25-30-23-14-13-18(15-24(23)31-25)33-28(36)21-7-3-4-8-22(21)29(33)37/h1-4,9-15,19-22H,5-8H2,(H,30,31). The first-order chi connectivity index (χ1) is 18.0. The second kappa shape index (κ2) is 8.09. The zero-order valence-electron chi connectivity index (χ0n) is 20.0. The van der Waals surface area contributed by atoms with Crippen molar-refractivity contribution in [1.82, 2.24) is 9.97 Å². The van der Waals surface area contributed by atoms with E-state index >= 15 is 0 Å². The number of aromatic amines is 1. The Balaban J connectivity index is 1.16. The van der Waals surface area contributed by atoms with Gasteiger partial charge in [0.05, 0.1) is 46.1 Å². The number of nitrogens with one attached hydrogen (secondary N) is 1. The molecule has 2 fully saturated rings. The molecule has 0 saturated carbocycles. The van der Waals surface area contributed by atoms with Crippen molar-refractivity contribution >= 4 is 46.0 Å². The Morgan fingerprint density at radius 1 is 0.622 bits per heavy atom. The third-order valence-corrected chi connectivity index (χ3v) is 8.14. The molecule has 1 N–H and O–H groups in total. The zero-order valence-corrected chi connectivity index (χ0v) is 20.0. The largest absolute Gasteiger partial charge is 0.338 e. The van der Waals surface area contributed by atoms with E-state index in [0.717, 1.165) is 5.56 Å². The Kier molecular flexibility index (Phi) is 4.79. The van der Waals surface area contributed by atoms with Crippen LogP contribution in [0.3, 0.4) is 0 Å². The predicted octanol–water partition coefficient (Wildman–Crippen LogP) is 4.14. The van der Waals surface area contributed by atoms with Gasteiger partial charge in [0.15, 0.2) is 0 Å². The van der Waals surface area contributed by atoms with Gasteiger partial charge in [-0.1, -0.05) is 24.3 Å². The fourth-order valence-corrected chi connectivity index (χ4v) is 6.15. The highest BCUT2D eigenvalue weighted by atomic mass is 16.2. The second-order valence-corrected chi connectivity index (χ2v) is 10.2. The van der Waals surface area contributed by atoms with Crippen molar-refractivity contribution in [2.75, 3.05) is 9.80 Å². The van der Waals surface area contributed by atoms with Gasteiger partial charge in [-0.05, 0) is 68.1 Å². The molecule has 2 aliphatic heterocycles. The first-order valence-corrected chi connectivity index (χ1v) is 12.7. The number of hydrogen-bond acceptors (Lipinski definition) is 5. The minimum atomic E-state index is -0.279. The summed E-state index contributed by atoms with van der Waals surface area (Å²) in [6.07, 6.45) is 10.3. The summed E-state index contributed by atoms with van der Waals surface area (Å²) >= 11 is 0. The van der Waals surface area contributed by atoms with Gasteiger partial charge in [0.25, 0.3) is 0 Å². The molecule has 0 spiro atoms. The number of fused-ring (bicyclic) bond motifs is 3. The molecule has 4 atom stereocenters. The summed E-state index contributed by atoms with van der Waals surface area (Å²) in [5.74, 6) is -1.03. The van der Waals surface area contributed by atoms with Gasteiger partial charge in [-0.25, -0.2) is 9.88 Å². The van der Waals surface area contributed by atoms with Crippen LogP contribution < -0.4 is 9.80 Å². The summed E-state index contributed by atoms with van der Waals surface area (Å²) in [6, 6.07) is 12.6. The highest BCUT2D eigenvalue weighted by Crippen LogP contribution is 2.40. The molecule has 4 unspecified atom stereocenters. The number of allylic oxidation sites excluding steroid dienone is 4. The van der Waals surface area contributed by atoms with Gasteiger partial charge in [0, 0.05) is 5.56 Å². The predicted molar refractivity (Wildman–Crippen MR) is 137 cm³/mol. The summed E-state index contributed by atoms with van der Waals surface area (Å²) < 4.78 is 0. The molecule has 7 rings (SSSR count). The van der Waals surface area contributed by atoms with E-state index in [0.29, 0.717) is 53.9 Å². The normalized spacial score (nSPS) is 26.9. The van der Waals surface area contributed by atoms with Crippen molar-refractivity contribution in [1.29, 1.82) is 0 Å². The van der Waals surface area contributed by atoms with Gasteiger partial charge in [-0.2, -0.15) is 0 Å². The number of rotatable bonds is 3. The highest BCUT2D eigenvalue weighted by Gasteiger charge is 2.49. The molecule has 0 radical (unpaired) electrons. The summed E-state index contributed by atoms with van der Waals surface area (Å²) in [5, 5.41) is 0. The number of imidazole rings is 1. The lowest BCUT2D eigenvalue weighted by atomic mass is 9.85. The van der Waals surface area contributed by atoms with Crippen LogP contribution in [0.25, 0.3) is 22.4 Å². The average molecular weight is 493 g/mol. The van der Waals surface area contributed by atoms with Gasteiger partial charge in [0.1, 0.15) is 5.82 Å². The van der Waals surface area contributed by atoms with Crippen LogP contribution in [0.2, 0.25) is 0 Å². The lowest BCUT2D eigenvalue weighted by Gasteiger charge is -2.15. The maximum absolute atomic E-state index is 13.0. The SMILES string of the molecule is O=C1C2CC=CCC2C(=O)N1c1ccc(-c2nc3ccc(N4C(=O)C5CC=CCC5C4=O)cc3[nH]2)cc1. The Bertz CT molecular complexity index is 1500. The van der Waals surface area contributed by atoms with Gasteiger partial charge in [-0.3, -0.25) is 24.1 Å². The first kappa shape index (κ1) is 21.9. The van der Waals surface area contributed by atoms with Crippen LogP contribution in [0, 0.1) is 23.7 Å². The van der Waals surface area contributed by atoms with Crippen LogP contribution in [-0.2, 0) is 19.2 Å². The Morgan fingerprint density at radius 3 is 1.59 bits per heavy atom. The number of imide groups is 2. The van der Waals surface area contributed by atoms with Gasteiger partial charge in [-0.15, -0.1) is 0 Å². The van der Waals surface area contributed by atoms with Crippen molar-refractivity contribution in [3.05, 3.63) is 66.8 Å². The molecule has 2 saturated heterocycles. The lowest BCUT2D eigenvalue weighted by molar-refractivity contribution is -0.124.